The van der Waals surface area contributed by atoms with Crippen molar-refractivity contribution >= 4 is 5.91 Å². The second kappa shape index (κ2) is 6.05. The summed E-state index contributed by atoms with van der Waals surface area (Å²) in [4.78, 5) is 11.1. The molecule has 1 N–H and O–H groups in total. The van der Waals surface area contributed by atoms with Crippen molar-refractivity contribution in [1.29, 1.82) is 0 Å². The molecule has 0 spiro atoms. The van der Waals surface area contributed by atoms with Gasteiger partial charge in [-0.05, 0) is 23.3 Å². The standard InChI is InChI=1S/C15H18N2O/c1-2-15(18)16-11-13-5-7-14(8-6-13)12-17-9-3-4-10-17/h3-10H,2,11-12H2,1H3,(H,16,18). The molecule has 0 saturated carbocycles. The fourth-order valence-electron chi connectivity index (χ4n) is 1.77. The molecular formula is C15H18N2O. The summed E-state index contributed by atoms with van der Waals surface area (Å²) in [5.74, 6) is 0.0893. The molecule has 1 aromatic carbocycles. The summed E-state index contributed by atoms with van der Waals surface area (Å²) in [7, 11) is 0. The highest BCUT2D eigenvalue weighted by Crippen LogP contribution is 2.06. The molecule has 0 aliphatic heterocycles. The van der Waals surface area contributed by atoms with Crippen LogP contribution in [0.5, 0.6) is 0 Å². The molecule has 0 atom stereocenters. The molecule has 3 heteroatoms. The van der Waals surface area contributed by atoms with Gasteiger partial charge in [-0.1, -0.05) is 31.2 Å². The molecule has 0 fully saturated rings. The molecule has 0 aliphatic carbocycles. The lowest BCUT2D eigenvalue weighted by Gasteiger charge is -2.06. The van der Waals surface area contributed by atoms with Gasteiger partial charge < -0.3 is 9.88 Å². The third kappa shape index (κ3) is 3.48. The van der Waals surface area contributed by atoms with Gasteiger partial charge >= 0.3 is 0 Å². The number of benzene rings is 1. The van der Waals surface area contributed by atoms with Gasteiger partial charge in [0.15, 0.2) is 0 Å². The number of nitrogens with zero attached hydrogens (tertiary/aromatic N) is 1. The van der Waals surface area contributed by atoms with Crippen LogP contribution >= 0.6 is 0 Å². The van der Waals surface area contributed by atoms with E-state index >= 15 is 0 Å². The van der Waals surface area contributed by atoms with E-state index in [1.165, 1.54) is 5.56 Å². The molecule has 1 heterocycles. The summed E-state index contributed by atoms with van der Waals surface area (Å²) < 4.78 is 2.13. The van der Waals surface area contributed by atoms with Gasteiger partial charge in [-0.15, -0.1) is 0 Å². The fraction of sp³-hybridized carbons (Fsp3) is 0.267. The summed E-state index contributed by atoms with van der Waals surface area (Å²) in [5, 5.41) is 2.87. The predicted octanol–water partition coefficient (Wildman–Crippen LogP) is 2.56. The average Bonchev–Trinajstić information content (AvgIpc) is 2.90. The van der Waals surface area contributed by atoms with E-state index in [2.05, 4.69) is 46.5 Å². The predicted molar refractivity (Wildman–Crippen MR) is 72.1 cm³/mol. The van der Waals surface area contributed by atoms with Crippen LogP contribution in [-0.2, 0) is 17.9 Å². The van der Waals surface area contributed by atoms with E-state index in [0.717, 1.165) is 12.1 Å². The third-order valence-electron chi connectivity index (χ3n) is 2.87. The second-order valence-electron chi connectivity index (χ2n) is 4.30. The van der Waals surface area contributed by atoms with Crippen LogP contribution < -0.4 is 5.32 Å². The second-order valence-corrected chi connectivity index (χ2v) is 4.30. The van der Waals surface area contributed by atoms with Crippen LogP contribution in [0.4, 0.5) is 0 Å². The minimum atomic E-state index is 0.0893. The van der Waals surface area contributed by atoms with Crippen LogP contribution in [0.3, 0.4) is 0 Å². The Morgan fingerprint density at radius 2 is 1.72 bits per heavy atom. The number of carbonyl (C=O) groups excluding carboxylic acids is 1. The minimum Gasteiger partial charge on any atom is -0.352 e. The number of nitrogens with one attached hydrogen (secondary N) is 1. The Kier molecular flexibility index (Phi) is 4.18. The molecule has 18 heavy (non-hydrogen) atoms. The van der Waals surface area contributed by atoms with Crippen molar-refractivity contribution < 1.29 is 4.79 Å². The molecule has 94 valence electrons. The first-order valence-corrected chi connectivity index (χ1v) is 6.23. The number of aromatic nitrogens is 1. The van der Waals surface area contributed by atoms with Gasteiger partial charge in [-0.3, -0.25) is 4.79 Å². The van der Waals surface area contributed by atoms with Crippen molar-refractivity contribution in [2.45, 2.75) is 26.4 Å². The maximum atomic E-state index is 11.1. The molecule has 1 aromatic heterocycles. The molecule has 0 bridgehead atoms. The monoisotopic (exact) mass is 242 g/mol. The van der Waals surface area contributed by atoms with Crippen LogP contribution in [0.25, 0.3) is 0 Å². The first-order valence-electron chi connectivity index (χ1n) is 6.23. The van der Waals surface area contributed by atoms with E-state index in [-0.39, 0.29) is 5.91 Å². The molecule has 2 aromatic rings. The molecule has 1 amide bonds. The summed E-state index contributed by atoms with van der Waals surface area (Å²) in [6, 6.07) is 12.4. The lowest BCUT2D eigenvalue weighted by molar-refractivity contribution is -0.120. The van der Waals surface area contributed by atoms with Gasteiger partial charge in [0.05, 0.1) is 0 Å². The van der Waals surface area contributed by atoms with Gasteiger partial charge in [0.25, 0.3) is 0 Å². The zero-order valence-corrected chi connectivity index (χ0v) is 10.6. The zero-order valence-electron chi connectivity index (χ0n) is 10.6. The molecule has 3 nitrogen and oxygen atoms in total. The van der Waals surface area contributed by atoms with E-state index in [4.69, 9.17) is 0 Å². The first-order chi connectivity index (χ1) is 8.78. The molecule has 0 aliphatic rings. The van der Waals surface area contributed by atoms with E-state index in [0.29, 0.717) is 13.0 Å². The Bertz CT molecular complexity index is 486. The van der Waals surface area contributed by atoms with E-state index in [1.54, 1.807) is 0 Å². The topological polar surface area (TPSA) is 34.0 Å². The van der Waals surface area contributed by atoms with E-state index in [1.807, 2.05) is 19.1 Å². The summed E-state index contributed by atoms with van der Waals surface area (Å²) in [6.45, 7) is 3.35. The lowest BCUT2D eigenvalue weighted by Crippen LogP contribution is -2.21. The van der Waals surface area contributed by atoms with Crippen LogP contribution in [0, 0.1) is 0 Å². The largest absolute Gasteiger partial charge is 0.352 e. The smallest absolute Gasteiger partial charge is 0.219 e. The Balaban J connectivity index is 1.91. The quantitative estimate of drug-likeness (QED) is 0.859. The Hall–Kier alpha value is -2.03. The Morgan fingerprint density at radius 1 is 1.11 bits per heavy atom. The number of hydrogen-bond donors (Lipinski definition) is 1. The summed E-state index contributed by atoms with van der Waals surface area (Å²) in [5.41, 5.74) is 2.39. The Labute approximate surface area is 107 Å². The van der Waals surface area contributed by atoms with Crippen LogP contribution in [0.15, 0.2) is 48.8 Å². The van der Waals surface area contributed by atoms with Gasteiger partial charge in [-0.25, -0.2) is 0 Å². The summed E-state index contributed by atoms with van der Waals surface area (Å²) in [6.07, 6.45) is 4.64. The Morgan fingerprint density at radius 3 is 2.33 bits per heavy atom. The van der Waals surface area contributed by atoms with Gasteiger partial charge in [-0.2, -0.15) is 0 Å². The van der Waals surface area contributed by atoms with Crippen molar-refractivity contribution in [2.75, 3.05) is 0 Å². The van der Waals surface area contributed by atoms with E-state index < -0.39 is 0 Å². The van der Waals surface area contributed by atoms with Gasteiger partial charge in [0, 0.05) is 31.9 Å². The summed E-state index contributed by atoms with van der Waals surface area (Å²) >= 11 is 0. The minimum absolute atomic E-state index is 0.0893. The van der Waals surface area contributed by atoms with Crippen LogP contribution in [-0.4, -0.2) is 10.5 Å². The third-order valence-corrected chi connectivity index (χ3v) is 2.87. The van der Waals surface area contributed by atoms with Crippen molar-refractivity contribution in [1.82, 2.24) is 9.88 Å². The highest BCUT2D eigenvalue weighted by atomic mass is 16.1. The number of carbonyl (C=O) groups is 1. The lowest BCUT2D eigenvalue weighted by atomic mass is 10.1. The first kappa shape index (κ1) is 12.4. The molecule has 0 unspecified atom stereocenters. The van der Waals surface area contributed by atoms with Crippen LogP contribution in [0.1, 0.15) is 24.5 Å². The van der Waals surface area contributed by atoms with Crippen molar-refractivity contribution in [3.8, 4) is 0 Å². The molecular weight excluding hydrogens is 224 g/mol. The van der Waals surface area contributed by atoms with Gasteiger partial charge in [0.1, 0.15) is 0 Å². The van der Waals surface area contributed by atoms with Crippen molar-refractivity contribution in [3.63, 3.8) is 0 Å². The average molecular weight is 242 g/mol. The zero-order chi connectivity index (χ0) is 12.8. The van der Waals surface area contributed by atoms with Crippen LogP contribution in [0.2, 0.25) is 0 Å². The van der Waals surface area contributed by atoms with Gasteiger partial charge in [0.2, 0.25) is 5.91 Å². The van der Waals surface area contributed by atoms with Crippen molar-refractivity contribution in [3.05, 3.63) is 59.9 Å². The maximum absolute atomic E-state index is 11.1. The number of rotatable bonds is 5. The SMILES string of the molecule is CCC(=O)NCc1ccc(Cn2cccc2)cc1. The highest BCUT2D eigenvalue weighted by molar-refractivity contribution is 5.75. The van der Waals surface area contributed by atoms with Crippen molar-refractivity contribution in [2.24, 2.45) is 0 Å². The highest BCUT2D eigenvalue weighted by Gasteiger charge is 1.98. The number of hydrogen-bond acceptors (Lipinski definition) is 1. The molecule has 0 saturated heterocycles. The molecule has 0 radical (unpaired) electrons. The van der Waals surface area contributed by atoms with E-state index in [9.17, 15) is 4.79 Å². The number of amides is 1. The fourth-order valence-corrected chi connectivity index (χ4v) is 1.77. The maximum Gasteiger partial charge on any atom is 0.219 e. The molecule has 2 rings (SSSR count). The normalized spacial score (nSPS) is 10.3.